The second-order valence-electron chi connectivity index (χ2n) is 5.81. The molecule has 1 rings (SSSR count). The fourth-order valence-corrected chi connectivity index (χ4v) is 2.08. The van der Waals surface area contributed by atoms with Crippen LogP contribution in [-0.4, -0.2) is 19.3 Å². The van der Waals surface area contributed by atoms with Gasteiger partial charge in [-0.1, -0.05) is 50.5 Å². The Hall–Kier alpha value is -2.68. The number of phenolic OH excluding ortho intramolecular Hbond substituents is 1. The van der Waals surface area contributed by atoms with E-state index in [1.165, 1.54) is 12.7 Å². The van der Waals surface area contributed by atoms with Gasteiger partial charge in [0.05, 0.1) is 19.8 Å². The highest BCUT2D eigenvalue weighted by Gasteiger charge is 2.14. The van der Waals surface area contributed by atoms with Gasteiger partial charge in [-0.3, -0.25) is 0 Å². The van der Waals surface area contributed by atoms with Crippen molar-refractivity contribution < 1.29 is 14.6 Å². The lowest BCUT2D eigenvalue weighted by Gasteiger charge is -2.13. The van der Waals surface area contributed by atoms with Gasteiger partial charge in [-0.25, -0.2) is 0 Å². The molecule has 142 valence electrons. The van der Waals surface area contributed by atoms with Gasteiger partial charge in [0.25, 0.3) is 0 Å². The van der Waals surface area contributed by atoms with Crippen LogP contribution in [0.2, 0.25) is 0 Å². The van der Waals surface area contributed by atoms with E-state index >= 15 is 0 Å². The molecule has 0 fully saturated rings. The molecule has 1 N–H and O–H groups in total. The lowest BCUT2D eigenvalue weighted by Crippen LogP contribution is -1.95. The zero-order valence-electron chi connectivity index (χ0n) is 17.0. The predicted octanol–water partition coefficient (Wildman–Crippen LogP) is 6.22. The largest absolute Gasteiger partial charge is 0.507 e. The standard InChI is InChI=1S/C12H16O3.C11H16/c1-5-9-6-10(13)12(8(2)14-3)11(7-9)15-4;1-6-7-8-10(4)11(5)9(2)3/h6-7,13H,2,5H2,1,3-4H3;6-8H,2,5H2,1,3-4H3/b;7-6-,10-8-. The van der Waals surface area contributed by atoms with Crippen LogP contribution in [-0.2, 0) is 11.2 Å². The second-order valence-corrected chi connectivity index (χ2v) is 5.81. The van der Waals surface area contributed by atoms with Gasteiger partial charge < -0.3 is 14.6 Å². The minimum atomic E-state index is 0.137. The zero-order valence-corrected chi connectivity index (χ0v) is 17.0. The fraction of sp³-hybridized carbons (Fsp3) is 0.304. The van der Waals surface area contributed by atoms with Crippen molar-refractivity contribution in [3.05, 3.63) is 77.9 Å². The van der Waals surface area contributed by atoms with Crippen molar-refractivity contribution in [2.75, 3.05) is 14.2 Å². The van der Waals surface area contributed by atoms with Crippen molar-refractivity contribution in [1.82, 2.24) is 0 Å². The molecule has 0 aromatic heterocycles. The number of hydrogen-bond donors (Lipinski definition) is 1. The maximum atomic E-state index is 9.82. The fourth-order valence-electron chi connectivity index (χ4n) is 2.08. The molecule has 0 unspecified atom stereocenters. The summed E-state index contributed by atoms with van der Waals surface area (Å²) in [4.78, 5) is 0. The van der Waals surface area contributed by atoms with E-state index in [0.717, 1.165) is 23.1 Å². The van der Waals surface area contributed by atoms with E-state index in [4.69, 9.17) is 9.47 Å². The third kappa shape index (κ3) is 7.06. The van der Waals surface area contributed by atoms with Crippen LogP contribution in [0.3, 0.4) is 0 Å². The molecule has 0 heterocycles. The van der Waals surface area contributed by atoms with Crippen LogP contribution in [0.15, 0.2) is 66.8 Å². The predicted molar refractivity (Wildman–Crippen MR) is 113 cm³/mol. The highest BCUT2D eigenvalue weighted by Crippen LogP contribution is 2.35. The van der Waals surface area contributed by atoms with E-state index in [9.17, 15) is 5.11 Å². The maximum absolute atomic E-state index is 9.82. The van der Waals surface area contributed by atoms with Crippen molar-refractivity contribution in [3.63, 3.8) is 0 Å². The quantitative estimate of drug-likeness (QED) is 0.465. The molecule has 3 nitrogen and oxygen atoms in total. The van der Waals surface area contributed by atoms with E-state index < -0.39 is 0 Å². The first-order chi connectivity index (χ1) is 12.2. The summed E-state index contributed by atoms with van der Waals surface area (Å²) >= 11 is 0. The summed E-state index contributed by atoms with van der Waals surface area (Å²) in [7, 11) is 3.07. The number of ether oxygens (including phenoxy) is 2. The number of rotatable bonds is 7. The highest BCUT2D eigenvalue weighted by molar-refractivity contribution is 5.70. The van der Waals surface area contributed by atoms with Gasteiger partial charge in [-0.2, -0.15) is 0 Å². The van der Waals surface area contributed by atoms with Crippen molar-refractivity contribution in [2.45, 2.75) is 34.1 Å². The molecule has 0 saturated heterocycles. The average molecular weight is 357 g/mol. The summed E-state index contributed by atoms with van der Waals surface area (Å²) in [5.41, 5.74) is 4.76. The number of hydrogen-bond acceptors (Lipinski definition) is 3. The second kappa shape index (κ2) is 11.8. The van der Waals surface area contributed by atoms with Gasteiger partial charge in [-0.05, 0) is 56.0 Å². The Morgan fingerprint density at radius 3 is 2.19 bits per heavy atom. The molecule has 0 amide bonds. The molecule has 1 aromatic carbocycles. The Morgan fingerprint density at radius 2 is 1.77 bits per heavy atom. The van der Waals surface area contributed by atoms with Crippen molar-refractivity contribution in [3.8, 4) is 11.5 Å². The third-order valence-corrected chi connectivity index (χ3v) is 3.82. The molecule has 0 bridgehead atoms. The zero-order chi connectivity index (χ0) is 20.3. The molecule has 1 aromatic rings. The van der Waals surface area contributed by atoms with Crippen LogP contribution >= 0.6 is 0 Å². The molecule has 0 radical (unpaired) electrons. The molecule has 3 heteroatoms. The number of benzene rings is 1. The first-order valence-corrected chi connectivity index (χ1v) is 8.51. The van der Waals surface area contributed by atoms with E-state index in [2.05, 4.69) is 19.7 Å². The van der Waals surface area contributed by atoms with Crippen LogP contribution in [0.25, 0.3) is 5.76 Å². The first-order valence-electron chi connectivity index (χ1n) is 8.51. The number of aryl methyl sites for hydroxylation is 1. The van der Waals surface area contributed by atoms with Crippen LogP contribution < -0.4 is 4.74 Å². The SMILES string of the molecule is C=C(C)C(=C)/C(C)=C\C=C/C.C=C(OC)c1c(O)cc(CC)cc1OC. The van der Waals surface area contributed by atoms with Crippen molar-refractivity contribution in [2.24, 2.45) is 0 Å². The van der Waals surface area contributed by atoms with Crippen LogP contribution in [0, 0.1) is 0 Å². The Morgan fingerprint density at radius 1 is 1.15 bits per heavy atom. The molecular formula is C23H32O3. The van der Waals surface area contributed by atoms with Gasteiger partial charge in [0.15, 0.2) is 0 Å². The van der Waals surface area contributed by atoms with Crippen LogP contribution in [0.5, 0.6) is 11.5 Å². The molecule has 0 aliphatic rings. The van der Waals surface area contributed by atoms with E-state index in [1.807, 2.05) is 52.0 Å². The van der Waals surface area contributed by atoms with Gasteiger partial charge >= 0.3 is 0 Å². The Kier molecular flexibility index (Phi) is 10.6. The van der Waals surface area contributed by atoms with E-state index in [0.29, 0.717) is 17.1 Å². The van der Waals surface area contributed by atoms with Gasteiger partial charge in [0.1, 0.15) is 17.3 Å². The third-order valence-electron chi connectivity index (χ3n) is 3.82. The Labute approximate surface area is 158 Å². The topological polar surface area (TPSA) is 38.7 Å². The minimum absolute atomic E-state index is 0.137. The van der Waals surface area contributed by atoms with Crippen molar-refractivity contribution >= 4 is 5.76 Å². The minimum Gasteiger partial charge on any atom is -0.507 e. The van der Waals surface area contributed by atoms with Crippen LogP contribution in [0.1, 0.15) is 38.8 Å². The van der Waals surface area contributed by atoms with Crippen molar-refractivity contribution in [1.29, 1.82) is 0 Å². The summed E-state index contributed by atoms with van der Waals surface area (Å²) in [6.45, 7) is 19.4. The molecule has 0 aliphatic heterocycles. The number of phenols is 1. The summed E-state index contributed by atoms with van der Waals surface area (Å²) in [5.74, 6) is 1.11. The molecule has 26 heavy (non-hydrogen) atoms. The van der Waals surface area contributed by atoms with Gasteiger partial charge in [-0.15, -0.1) is 0 Å². The lowest BCUT2D eigenvalue weighted by molar-refractivity contribution is 0.356. The van der Waals surface area contributed by atoms with E-state index in [-0.39, 0.29) is 5.75 Å². The number of allylic oxidation sites excluding steroid dienone is 6. The molecular weight excluding hydrogens is 324 g/mol. The monoisotopic (exact) mass is 356 g/mol. The summed E-state index contributed by atoms with van der Waals surface area (Å²) in [6, 6.07) is 3.57. The number of aromatic hydroxyl groups is 1. The summed E-state index contributed by atoms with van der Waals surface area (Å²) in [5, 5.41) is 9.82. The normalized spacial score (nSPS) is 10.8. The van der Waals surface area contributed by atoms with E-state index in [1.54, 1.807) is 13.2 Å². The van der Waals surface area contributed by atoms with Gasteiger partial charge in [0.2, 0.25) is 0 Å². The maximum Gasteiger partial charge on any atom is 0.133 e. The Balaban J connectivity index is 0.000000508. The summed E-state index contributed by atoms with van der Waals surface area (Å²) < 4.78 is 10.2. The lowest BCUT2D eigenvalue weighted by atomic mass is 10.0. The first kappa shape index (κ1) is 23.3. The summed E-state index contributed by atoms with van der Waals surface area (Å²) in [6.07, 6.45) is 6.87. The Bertz CT molecular complexity index is 706. The highest BCUT2D eigenvalue weighted by atomic mass is 16.5. The molecule has 0 saturated carbocycles. The smallest absolute Gasteiger partial charge is 0.133 e. The number of methoxy groups -OCH3 is 2. The average Bonchev–Trinajstić information content (AvgIpc) is 2.64. The molecule has 0 spiro atoms. The van der Waals surface area contributed by atoms with Crippen LogP contribution in [0.4, 0.5) is 0 Å². The van der Waals surface area contributed by atoms with Gasteiger partial charge in [0, 0.05) is 0 Å². The molecule has 0 atom stereocenters. The molecule has 0 aliphatic carbocycles.